The van der Waals surface area contributed by atoms with Crippen LogP contribution in [0.15, 0.2) is 24.3 Å². The minimum atomic E-state index is -0.131. The van der Waals surface area contributed by atoms with Gasteiger partial charge in [-0.3, -0.25) is 4.79 Å². The molecular formula is C16H22O4. The third kappa shape index (κ3) is 2.96. The number of ether oxygens (including phenoxy) is 3. The normalized spacial score (nSPS) is 23.2. The van der Waals surface area contributed by atoms with Crippen molar-refractivity contribution in [2.75, 3.05) is 20.8 Å². The van der Waals surface area contributed by atoms with Gasteiger partial charge in [0.25, 0.3) is 0 Å². The smallest absolute Gasteiger partial charge is 0.309 e. The molecule has 1 aliphatic carbocycles. The van der Waals surface area contributed by atoms with Gasteiger partial charge in [0.2, 0.25) is 0 Å². The molecule has 0 bridgehead atoms. The zero-order valence-corrected chi connectivity index (χ0v) is 12.5. The van der Waals surface area contributed by atoms with Crippen LogP contribution in [0.3, 0.4) is 0 Å². The maximum atomic E-state index is 11.6. The lowest BCUT2D eigenvalue weighted by atomic mass is 10.1. The van der Waals surface area contributed by atoms with Crippen molar-refractivity contribution in [1.29, 1.82) is 0 Å². The second-order valence-electron chi connectivity index (χ2n) is 5.79. The molecule has 0 radical (unpaired) electrons. The number of hydrogen-bond donors (Lipinski definition) is 0. The SMILES string of the molecule is COC(=O)C1C(COCc2ccc(OC)cc2)C1(C)C. The number of hydrogen-bond acceptors (Lipinski definition) is 4. The van der Waals surface area contributed by atoms with E-state index in [4.69, 9.17) is 14.2 Å². The molecule has 1 aliphatic rings. The van der Waals surface area contributed by atoms with Crippen LogP contribution in [-0.2, 0) is 20.9 Å². The van der Waals surface area contributed by atoms with Crippen LogP contribution in [-0.4, -0.2) is 26.8 Å². The van der Waals surface area contributed by atoms with Gasteiger partial charge in [0.05, 0.1) is 33.4 Å². The van der Waals surface area contributed by atoms with E-state index < -0.39 is 0 Å². The second kappa shape index (κ2) is 5.83. The minimum Gasteiger partial charge on any atom is -0.497 e. The molecule has 1 fully saturated rings. The van der Waals surface area contributed by atoms with Crippen molar-refractivity contribution in [3.8, 4) is 5.75 Å². The monoisotopic (exact) mass is 278 g/mol. The van der Waals surface area contributed by atoms with E-state index in [-0.39, 0.29) is 23.2 Å². The summed E-state index contributed by atoms with van der Waals surface area (Å²) in [5.74, 6) is 0.910. The summed E-state index contributed by atoms with van der Waals surface area (Å²) in [4.78, 5) is 11.6. The summed E-state index contributed by atoms with van der Waals surface area (Å²) in [6.45, 7) is 5.29. The topological polar surface area (TPSA) is 44.8 Å². The first-order valence-corrected chi connectivity index (χ1v) is 6.79. The average Bonchev–Trinajstić information content (AvgIpc) is 3.00. The molecular weight excluding hydrogens is 256 g/mol. The van der Waals surface area contributed by atoms with Crippen molar-refractivity contribution in [3.63, 3.8) is 0 Å². The molecule has 2 atom stereocenters. The van der Waals surface area contributed by atoms with Gasteiger partial charge in [-0.2, -0.15) is 0 Å². The Balaban J connectivity index is 1.80. The van der Waals surface area contributed by atoms with Gasteiger partial charge in [0.15, 0.2) is 0 Å². The summed E-state index contributed by atoms with van der Waals surface area (Å²) in [6, 6.07) is 7.79. The van der Waals surface area contributed by atoms with Crippen LogP contribution in [0, 0.1) is 17.3 Å². The van der Waals surface area contributed by atoms with Crippen LogP contribution in [0.1, 0.15) is 19.4 Å². The average molecular weight is 278 g/mol. The van der Waals surface area contributed by atoms with E-state index in [1.807, 2.05) is 24.3 Å². The van der Waals surface area contributed by atoms with E-state index in [0.717, 1.165) is 11.3 Å². The second-order valence-corrected chi connectivity index (χ2v) is 5.79. The summed E-state index contributed by atoms with van der Waals surface area (Å²) >= 11 is 0. The quantitative estimate of drug-likeness (QED) is 0.750. The Morgan fingerprint density at radius 2 is 1.85 bits per heavy atom. The molecule has 0 amide bonds. The highest BCUT2D eigenvalue weighted by Crippen LogP contribution is 2.58. The van der Waals surface area contributed by atoms with Crippen molar-refractivity contribution in [2.24, 2.45) is 17.3 Å². The predicted molar refractivity (Wildman–Crippen MR) is 75.4 cm³/mol. The molecule has 0 aliphatic heterocycles. The first-order valence-electron chi connectivity index (χ1n) is 6.79. The van der Waals surface area contributed by atoms with Crippen LogP contribution >= 0.6 is 0 Å². The van der Waals surface area contributed by atoms with Crippen LogP contribution in [0.25, 0.3) is 0 Å². The first-order chi connectivity index (χ1) is 9.50. The molecule has 20 heavy (non-hydrogen) atoms. The van der Waals surface area contributed by atoms with Gasteiger partial charge in [0, 0.05) is 5.92 Å². The summed E-state index contributed by atoms with van der Waals surface area (Å²) in [7, 11) is 3.08. The highest BCUT2D eigenvalue weighted by Gasteiger charge is 2.62. The van der Waals surface area contributed by atoms with E-state index in [2.05, 4.69) is 13.8 Å². The number of carbonyl (C=O) groups excluding carboxylic acids is 1. The van der Waals surface area contributed by atoms with Crippen LogP contribution in [0.4, 0.5) is 0 Å². The Labute approximate surface area is 120 Å². The molecule has 0 saturated heterocycles. The molecule has 2 rings (SSSR count). The third-order valence-electron chi connectivity index (χ3n) is 4.23. The van der Waals surface area contributed by atoms with Crippen LogP contribution < -0.4 is 4.74 Å². The first kappa shape index (κ1) is 14.9. The van der Waals surface area contributed by atoms with E-state index in [1.54, 1.807) is 7.11 Å². The van der Waals surface area contributed by atoms with Gasteiger partial charge in [-0.25, -0.2) is 0 Å². The molecule has 110 valence electrons. The Bertz CT molecular complexity index is 464. The van der Waals surface area contributed by atoms with Gasteiger partial charge in [-0.05, 0) is 23.1 Å². The van der Waals surface area contributed by atoms with Crippen molar-refractivity contribution in [3.05, 3.63) is 29.8 Å². The number of rotatable bonds is 6. The van der Waals surface area contributed by atoms with Crippen molar-refractivity contribution >= 4 is 5.97 Å². The summed E-state index contributed by atoms with van der Waals surface area (Å²) in [5, 5.41) is 0. The number of esters is 1. The maximum absolute atomic E-state index is 11.6. The van der Waals surface area contributed by atoms with Crippen molar-refractivity contribution in [2.45, 2.75) is 20.5 Å². The van der Waals surface area contributed by atoms with Gasteiger partial charge < -0.3 is 14.2 Å². The summed E-state index contributed by atoms with van der Waals surface area (Å²) in [6.07, 6.45) is 0. The molecule has 4 heteroatoms. The fourth-order valence-corrected chi connectivity index (χ4v) is 2.68. The van der Waals surface area contributed by atoms with E-state index in [0.29, 0.717) is 13.2 Å². The zero-order valence-electron chi connectivity index (χ0n) is 12.5. The molecule has 0 spiro atoms. The van der Waals surface area contributed by atoms with E-state index in [9.17, 15) is 4.79 Å². The number of benzene rings is 1. The fraction of sp³-hybridized carbons (Fsp3) is 0.562. The van der Waals surface area contributed by atoms with Gasteiger partial charge >= 0.3 is 5.97 Å². The lowest BCUT2D eigenvalue weighted by Crippen LogP contribution is -2.08. The van der Waals surface area contributed by atoms with E-state index >= 15 is 0 Å². The predicted octanol–water partition coefficient (Wildman–Crippen LogP) is 2.66. The molecule has 4 nitrogen and oxygen atoms in total. The van der Waals surface area contributed by atoms with Gasteiger partial charge in [0.1, 0.15) is 5.75 Å². The minimum absolute atomic E-state index is 0.0208. The molecule has 0 aromatic heterocycles. The molecule has 0 heterocycles. The van der Waals surface area contributed by atoms with E-state index in [1.165, 1.54) is 7.11 Å². The Morgan fingerprint density at radius 1 is 1.20 bits per heavy atom. The molecule has 0 N–H and O–H groups in total. The highest BCUT2D eigenvalue weighted by molar-refractivity contribution is 5.77. The van der Waals surface area contributed by atoms with Gasteiger partial charge in [-0.15, -0.1) is 0 Å². The summed E-state index contributed by atoms with van der Waals surface area (Å²) in [5.41, 5.74) is 1.08. The molecule has 1 aromatic rings. The Hall–Kier alpha value is -1.55. The maximum Gasteiger partial charge on any atom is 0.309 e. The lowest BCUT2D eigenvalue weighted by molar-refractivity contribution is -0.143. The Morgan fingerprint density at radius 3 is 2.40 bits per heavy atom. The summed E-state index contributed by atoms with van der Waals surface area (Å²) < 4.78 is 15.7. The molecule has 1 aromatic carbocycles. The fourth-order valence-electron chi connectivity index (χ4n) is 2.68. The van der Waals surface area contributed by atoms with Crippen LogP contribution in [0.5, 0.6) is 5.75 Å². The highest BCUT2D eigenvalue weighted by atomic mass is 16.5. The standard InChI is InChI=1S/C16H22O4/c1-16(2)13(14(16)15(17)19-4)10-20-9-11-5-7-12(18-3)8-6-11/h5-8,13-14H,9-10H2,1-4H3. The third-order valence-corrected chi connectivity index (χ3v) is 4.23. The molecule has 1 saturated carbocycles. The largest absolute Gasteiger partial charge is 0.497 e. The van der Waals surface area contributed by atoms with Crippen molar-refractivity contribution < 1.29 is 19.0 Å². The number of methoxy groups -OCH3 is 2. The number of carbonyl (C=O) groups is 1. The van der Waals surface area contributed by atoms with Crippen molar-refractivity contribution in [1.82, 2.24) is 0 Å². The zero-order chi connectivity index (χ0) is 14.8. The molecule has 2 unspecified atom stereocenters. The lowest BCUT2D eigenvalue weighted by Gasteiger charge is -2.06. The Kier molecular flexibility index (Phi) is 4.33. The van der Waals surface area contributed by atoms with Gasteiger partial charge in [-0.1, -0.05) is 26.0 Å². The van der Waals surface area contributed by atoms with Crippen LogP contribution in [0.2, 0.25) is 0 Å².